The van der Waals surface area contributed by atoms with Crippen molar-refractivity contribution < 1.29 is 9.53 Å². The van der Waals surface area contributed by atoms with Crippen molar-refractivity contribution in [3.63, 3.8) is 0 Å². The normalized spacial score (nSPS) is 12.8. The van der Waals surface area contributed by atoms with Gasteiger partial charge in [0, 0.05) is 18.7 Å². The molecule has 0 heterocycles. The molecule has 112 valence electrons. The zero-order chi connectivity index (χ0) is 15.2. The molecule has 0 saturated heterocycles. The molecule has 0 radical (unpaired) electrons. The second-order valence-corrected chi connectivity index (χ2v) is 5.81. The maximum atomic E-state index is 11.7. The molecule has 2 N–H and O–H groups in total. The Bertz CT molecular complexity index is 412. The molecule has 20 heavy (non-hydrogen) atoms. The van der Waals surface area contributed by atoms with E-state index < -0.39 is 5.60 Å². The molecule has 0 aliphatic heterocycles. The maximum Gasteiger partial charge on any atom is 0.306 e. The summed E-state index contributed by atoms with van der Waals surface area (Å²) in [6.07, 6.45) is 0.731. The molecular weight excluding hydrogens is 252 g/mol. The lowest BCUT2D eigenvalue weighted by Gasteiger charge is -2.30. The lowest BCUT2D eigenvalue weighted by Crippen LogP contribution is -2.42. The summed E-state index contributed by atoms with van der Waals surface area (Å²) in [6.45, 7) is 8.47. The zero-order valence-electron chi connectivity index (χ0n) is 12.9. The standard InChI is InChI=1S/C16H26N2O2/c1-5-18(13-9-7-6-8-10-13)14(17)11-12-15(19)20-16(2,3)4/h6-10,14H,5,11-12,17H2,1-4H3. The first-order valence-corrected chi connectivity index (χ1v) is 7.12. The van der Waals surface area contributed by atoms with Gasteiger partial charge >= 0.3 is 5.97 Å². The summed E-state index contributed by atoms with van der Waals surface area (Å²) >= 11 is 0. The Balaban J connectivity index is 2.53. The zero-order valence-corrected chi connectivity index (χ0v) is 12.9. The number of rotatable bonds is 6. The van der Waals surface area contributed by atoms with Gasteiger partial charge in [-0.25, -0.2) is 0 Å². The largest absolute Gasteiger partial charge is 0.460 e. The Hall–Kier alpha value is -1.55. The number of esters is 1. The van der Waals surface area contributed by atoms with Crippen LogP contribution in [0.5, 0.6) is 0 Å². The highest BCUT2D eigenvalue weighted by Gasteiger charge is 2.19. The summed E-state index contributed by atoms with van der Waals surface area (Å²) in [4.78, 5) is 13.8. The van der Waals surface area contributed by atoms with Crippen molar-refractivity contribution in [1.82, 2.24) is 0 Å². The number of para-hydroxylation sites is 1. The molecule has 0 bridgehead atoms. The van der Waals surface area contributed by atoms with Crippen molar-refractivity contribution in [2.75, 3.05) is 11.4 Å². The second-order valence-electron chi connectivity index (χ2n) is 5.81. The van der Waals surface area contributed by atoms with E-state index in [1.165, 1.54) is 0 Å². The first-order chi connectivity index (χ1) is 9.33. The average Bonchev–Trinajstić information content (AvgIpc) is 2.36. The van der Waals surface area contributed by atoms with E-state index >= 15 is 0 Å². The highest BCUT2D eigenvalue weighted by atomic mass is 16.6. The van der Waals surface area contributed by atoms with Crippen LogP contribution in [0.25, 0.3) is 0 Å². The molecule has 0 fully saturated rings. The molecule has 0 amide bonds. The maximum absolute atomic E-state index is 11.7. The van der Waals surface area contributed by atoms with Crippen molar-refractivity contribution in [3.05, 3.63) is 30.3 Å². The van der Waals surface area contributed by atoms with Gasteiger partial charge in [0.1, 0.15) is 5.60 Å². The Kier molecular flexibility index (Phi) is 6.02. The SMILES string of the molecule is CCN(c1ccccc1)C(N)CCC(=O)OC(C)(C)C. The molecule has 1 rings (SSSR count). The van der Waals surface area contributed by atoms with Gasteiger partial charge in [-0.05, 0) is 46.2 Å². The van der Waals surface area contributed by atoms with Crippen LogP contribution < -0.4 is 10.6 Å². The van der Waals surface area contributed by atoms with E-state index in [0.29, 0.717) is 12.8 Å². The molecule has 0 aromatic heterocycles. The van der Waals surface area contributed by atoms with Gasteiger partial charge in [-0.3, -0.25) is 4.79 Å². The number of nitrogens with two attached hydrogens (primary N) is 1. The average molecular weight is 278 g/mol. The Labute approximate surface area is 121 Å². The molecule has 0 spiro atoms. The first-order valence-electron chi connectivity index (χ1n) is 7.12. The number of nitrogens with zero attached hydrogens (tertiary/aromatic N) is 1. The van der Waals surface area contributed by atoms with Gasteiger partial charge in [-0.15, -0.1) is 0 Å². The monoisotopic (exact) mass is 278 g/mol. The lowest BCUT2D eigenvalue weighted by molar-refractivity contribution is -0.155. The van der Waals surface area contributed by atoms with Crippen molar-refractivity contribution in [2.45, 2.75) is 52.3 Å². The summed E-state index contributed by atoms with van der Waals surface area (Å²) < 4.78 is 5.29. The summed E-state index contributed by atoms with van der Waals surface area (Å²) in [7, 11) is 0. The van der Waals surface area contributed by atoms with Crippen LogP contribution in [0.1, 0.15) is 40.5 Å². The van der Waals surface area contributed by atoms with Crippen LogP contribution in [0.3, 0.4) is 0 Å². The summed E-state index contributed by atoms with van der Waals surface area (Å²) in [6, 6.07) is 9.99. The fraction of sp³-hybridized carbons (Fsp3) is 0.562. The Morgan fingerprint density at radius 3 is 2.40 bits per heavy atom. The summed E-state index contributed by atoms with van der Waals surface area (Å²) in [5.74, 6) is -0.197. The number of carbonyl (C=O) groups is 1. The molecule has 4 heteroatoms. The Morgan fingerprint density at radius 2 is 1.90 bits per heavy atom. The minimum Gasteiger partial charge on any atom is -0.460 e. The molecular formula is C16H26N2O2. The smallest absolute Gasteiger partial charge is 0.306 e. The third kappa shape index (κ3) is 5.61. The Morgan fingerprint density at radius 1 is 1.30 bits per heavy atom. The minimum absolute atomic E-state index is 0.185. The van der Waals surface area contributed by atoms with Gasteiger partial charge in [0.05, 0.1) is 6.17 Å². The number of benzene rings is 1. The van der Waals surface area contributed by atoms with Gasteiger partial charge in [0.15, 0.2) is 0 Å². The first kappa shape index (κ1) is 16.5. The van der Waals surface area contributed by atoms with Crippen LogP contribution in [0.2, 0.25) is 0 Å². The van der Waals surface area contributed by atoms with E-state index in [2.05, 4.69) is 11.8 Å². The van der Waals surface area contributed by atoms with Crippen molar-refractivity contribution in [2.24, 2.45) is 5.73 Å². The van der Waals surface area contributed by atoms with Crippen molar-refractivity contribution in [3.8, 4) is 0 Å². The van der Waals surface area contributed by atoms with E-state index in [9.17, 15) is 4.79 Å². The van der Waals surface area contributed by atoms with Crippen LogP contribution in [-0.4, -0.2) is 24.3 Å². The highest BCUT2D eigenvalue weighted by molar-refractivity contribution is 5.70. The van der Waals surface area contributed by atoms with E-state index in [0.717, 1.165) is 12.2 Å². The number of ether oxygens (including phenoxy) is 1. The number of hydrogen-bond donors (Lipinski definition) is 1. The van der Waals surface area contributed by atoms with Gasteiger partial charge in [0.2, 0.25) is 0 Å². The molecule has 0 saturated carbocycles. The minimum atomic E-state index is -0.439. The van der Waals surface area contributed by atoms with Crippen molar-refractivity contribution >= 4 is 11.7 Å². The van der Waals surface area contributed by atoms with Crippen LogP contribution in [0.15, 0.2) is 30.3 Å². The van der Waals surface area contributed by atoms with Crippen molar-refractivity contribution in [1.29, 1.82) is 0 Å². The molecule has 1 aromatic carbocycles. The van der Waals surface area contributed by atoms with Crippen LogP contribution in [-0.2, 0) is 9.53 Å². The molecule has 1 atom stereocenters. The second kappa shape index (κ2) is 7.29. The van der Waals surface area contributed by atoms with Crippen LogP contribution >= 0.6 is 0 Å². The summed E-state index contributed by atoms with van der Waals surface area (Å²) in [5, 5.41) is 0. The number of carbonyl (C=O) groups excluding carboxylic acids is 1. The van der Waals surface area contributed by atoms with Crippen LogP contribution in [0.4, 0.5) is 5.69 Å². The van der Waals surface area contributed by atoms with Gasteiger partial charge in [-0.1, -0.05) is 18.2 Å². The predicted octanol–water partition coefficient (Wildman–Crippen LogP) is 2.92. The fourth-order valence-corrected chi connectivity index (χ4v) is 2.04. The summed E-state index contributed by atoms with van der Waals surface area (Å²) in [5.41, 5.74) is 6.83. The third-order valence-corrected chi connectivity index (χ3v) is 2.89. The van der Waals surface area contributed by atoms with E-state index in [1.807, 2.05) is 51.1 Å². The quantitative estimate of drug-likeness (QED) is 0.642. The van der Waals surface area contributed by atoms with E-state index in [4.69, 9.17) is 10.5 Å². The molecule has 0 aliphatic rings. The van der Waals surface area contributed by atoms with Gasteiger partial charge in [-0.2, -0.15) is 0 Å². The van der Waals surface area contributed by atoms with E-state index in [-0.39, 0.29) is 12.1 Å². The topological polar surface area (TPSA) is 55.6 Å². The molecule has 1 unspecified atom stereocenters. The predicted molar refractivity (Wildman–Crippen MR) is 82.5 cm³/mol. The van der Waals surface area contributed by atoms with Gasteiger partial charge < -0.3 is 15.4 Å². The van der Waals surface area contributed by atoms with Gasteiger partial charge in [0.25, 0.3) is 0 Å². The fourth-order valence-electron chi connectivity index (χ4n) is 2.04. The lowest BCUT2D eigenvalue weighted by atomic mass is 10.1. The van der Waals surface area contributed by atoms with E-state index in [1.54, 1.807) is 0 Å². The molecule has 4 nitrogen and oxygen atoms in total. The molecule has 0 aliphatic carbocycles. The molecule has 1 aromatic rings. The third-order valence-electron chi connectivity index (χ3n) is 2.89. The number of anilines is 1. The number of hydrogen-bond acceptors (Lipinski definition) is 4. The highest BCUT2D eigenvalue weighted by Crippen LogP contribution is 2.17. The van der Waals surface area contributed by atoms with Crippen LogP contribution in [0, 0.1) is 0 Å².